The van der Waals surface area contributed by atoms with Crippen molar-refractivity contribution in [3.8, 4) is 0 Å². The van der Waals surface area contributed by atoms with Gasteiger partial charge in [-0.2, -0.15) is 0 Å². The molecule has 1 aromatic carbocycles. The summed E-state index contributed by atoms with van der Waals surface area (Å²) < 4.78 is 0.909. The summed E-state index contributed by atoms with van der Waals surface area (Å²) in [4.78, 5) is 12.0. The Kier molecular flexibility index (Phi) is 4.93. The highest BCUT2D eigenvalue weighted by atomic mass is 79.9. The van der Waals surface area contributed by atoms with Gasteiger partial charge in [-0.25, -0.2) is 0 Å². The van der Waals surface area contributed by atoms with Gasteiger partial charge in [0.25, 0.3) is 5.91 Å². The van der Waals surface area contributed by atoms with Gasteiger partial charge in [0.1, 0.15) is 0 Å². The largest absolute Gasteiger partial charge is 0.391 e. The molecule has 0 aliphatic rings. The van der Waals surface area contributed by atoms with Crippen LogP contribution >= 0.6 is 15.9 Å². The van der Waals surface area contributed by atoms with Crippen LogP contribution in [0.2, 0.25) is 0 Å². The van der Waals surface area contributed by atoms with E-state index in [-0.39, 0.29) is 17.9 Å². The van der Waals surface area contributed by atoms with E-state index in [0.717, 1.165) is 10.0 Å². The number of halogens is 1. The minimum atomic E-state index is -0.561. The molecule has 100 valence electrons. The Morgan fingerprint density at radius 2 is 2.06 bits per heavy atom. The summed E-state index contributed by atoms with van der Waals surface area (Å²) in [5.74, 6) is -0.155. The van der Waals surface area contributed by atoms with Gasteiger partial charge in [-0.05, 0) is 30.0 Å². The van der Waals surface area contributed by atoms with Gasteiger partial charge in [-0.15, -0.1) is 0 Å². The van der Waals surface area contributed by atoms with E-state index in [1.165, 1.54) is 0 Å². The lowest BCUT2D eigenvalue weighted by molar-refractivity contribution is 0.0586. The van der Waals surface area contributed by atoms with Crippen LogP contribution < -0.4 is 5.32 Å². The van der Waals surface area contributed by atoms with Crippen molar-refractivity contribution >= 4 is 21.8 Å². The van der Waals surface area contributed by atoms with Gasteiger partial charge < -0.3 is 10.4 Å². The zero-order valence-electron chi connectivity index (χ0n) is 11.2. The van der Waals surface area contributed by atoms with E-state index >= 15 is 0 Å². The summed E-state index contributed by atoms with van der Waals surface area (Å²) in [5.41, 5.74) is 1.30. The van der Waals surface area contributed by atoms with Crippen molar-refractivity contribution in [2.24, 2.45) is 5.41 Å². The van der Waals surface area contributed by atoms with Gasteiger partial charge in [0, 0.05) is 16.6 Å². The predicted molar refractivity (Wildman–Crippen MR) is 76.7 cm³/mol. The van der Waals surface area contributed by atoms with Crippen LogP contribution in [-0.4, -0.2) is 23.7 Å². The maximum absolute atomic E-state index is 12.0. The molecule has 0 spiro atoms. The van der Waals surface area contributed by atoms with Crippen molar-refractivity contribution < 1.29 is 9.90 Å². The lowest BCUT2D eigenvalue weighted by atomic mass is 9.89. The second-order valence-corrected chi connectivity index (χ2v) is 6.36. The molecule has 0 fully saturated rings. The summed E-state index contributed by atoms with van der Waals surface area (Å²) in [7, 11) is 0. The van der Waals surface area contributed by atoms with E-state index < -0.39 is 6.10 Å². The number of benzene rings is 1. The second kappa shape index (κ2) is 5.85. The molecule has 1 atom stereocenters. The van der Waals surface area contributed by atoms with E-state index in [9.17, 15) is 9.90 Å². The Morgan fingerprint density at radius 1 is 1.44 bits per heavy atom. The Bertz CT molecular complexity index is 438. The molecular weight excluding hydrogens is 294 g/mol. The lowest BCUT2D eigenvalue weighted by Crippen LogP contribution is -2.39. The van der Waals surface area contributed by atoms with E-state index in [0.29, 0.717) is 5.56 Å². The molecule has 1 amide bonds. The van der Waals surface area contributed by atoms with Gasteiger partial charge in [-0.1, -0.05) is 42.8 Å². The third-order valence-electron chi connectivity index (χ3n) is 2.97. The molecule has 0 aliphatic carbocycles. The topological polar surface area (TPSA) is 49.3 Å². The van der Waals surface area contributed by atoms with Crippen molar-refractivity contribution in [1.82, 2.24) is 5.32 Å². The van der Waals surface area contributed by atoms with Crippen LogP contribution in [0.4, 0.5) is 0 Å². The number of carbonyl (C=O) groups is 1. The molecule has 0 bridgehead atoms. The minimum absolute atomic E-state index is 0.155. The first-order valence-electron chi connectivity index (χ1n) is 5.95. The van der Waals surface area contributed by atoms with Crippen LogP contribution in [-0.2, 0) is 0 Å². The third kappa shape index (κ3) is 3.82. The first-order valence-corrected chi connectivity index (χ1v) is 6.74. The third-order valence-corrected chi connectivity index (χ3v) is 3.83. The normalized spacial score (nSPS) is 13.2. The quantitative estimate of drug-likeness (QED) is 0.901. The molecular formula is C14H20BrNO2. The van der Waals surface area contributed by atoms with E-state index in [2.05, 4.69) is 21.2 Å². The van der Waals surface area contributed by atoms with Crippen molar-refractivity contribution in [3.63, 3.8) is 0 Å². The van der Waals surface area contributed by atoms with Crippen LogP contribution in [0.5, 0.6) is 0 Å². The zero-order valence-corrected chi connectivity index (χ0v) is 12.8. The predicted octanol–water partition coefficient (Wildman–Crippen LogP) is 2.89. The molecule has 0 aliphatic heterocycles. The number of aliphatic hydroxyl groups is 1. The molecule has 2 N–H and O–H groups in total. The molecule has 1 rings (SSSR count). The maximum Gasteiger partial charge on any atom is 0.251 e. The molecule has 1 unspecified atom stereocenters. The molecule has 0 saturated carbocycles. The highest BCUT2D eigenvalue weighted by molar-refractivity contribution is 9.10. The highest BCUT2D eigenvalue weighted by Gasteiger charge is 2.22. The first-order chi connectivity index (χ1) is 8.23. The van der Waals surface area contributed by atoms with Gasteiger partial charge >= 0.3 is 0 Å². The smallest absolute Gasteiger partial charge is 0.251 e. The molecule has 0 heterocycles. The average Bonchev–Trinajstić information content (AvgIpc) is 2.27. The number of aliphatic hydroxyl groups excluding tert-OH is 1. The van der Waals surface area contributed by atoms with Crippen LogP contribution in [0.15, 0.2) is 22.7 Å². The number of hydrogen-bond donors (Lipinski definition) is 2. The van der Waals surface area contributed by atoms with Crippen LogP contribution in [0.1, 0.15) is 36.7 Å². The molecule has 0 radical (unpaired) electrons. The van der Waals surface area contributed by atoms with Crippen molar-refractivity contribution in [3.05, 3.63) is 33.8 Å². The van der Waals surface area contributed by atoms with Gasteiger partial charge in [0.15, 0.2) is 0 Å². The Morgan fingerprint density at radius 3 is 2.61 bits per heavy atom. The number of rotatable bonds is 3. The fourth-order valence-corrected chi connectivity index (χ4v) is 1.81. The Labute approximate surface area is 117 Å². The molecule has 18 heavy (non-hydrogen) atoms. The zero-order chi connectivity index (χ0) is 13.9. The number of amides is 1. The Balaban J connectivity index is 2.70. The summed E-state index contributed by atoms with van der Waals surface area (Å²) in [5, 5.41) is 12.6. The summed E-state index contributed by atoms with van der Waals surface area (Å²) in [6, 6.07) is 5.50. The Hall–Kier alpha value is -0.870. The van der Waals surface area contributed by atoms with E-state index in [1.807, 2.05) is 39.8 Å². The van der Waals surface area contributed by atoms with Crippen LogP contribution in [0.3, 0.4) is 0 Å². The summed E-state index contributed by atoms with van der Waals surface area (Å²) in [6.07, 6.45) is -0.561. The molecule has 0 aromatic heterocycles. The summed E-state index contributed by atoms with van der Waals surface area (Å²) in [6.45, 7) is 7.96. The van der Waals surface area contributed by atoms with E-state index in [4.69, 9.17) is 0 Å². The van der Waals surface area contributed by atoms with Crippen molar-refractivity contribution in [1.29, 1.82) is 0 Å². The standard InChI is InChI=1S/C14H20BrNO2/c1-9-10(6-5-7-11(9)15)13(18)16-8-12(17)14(2,3)4/h5-7,12,17H,8H2,1-4H3,(H,16,18). The second-order valence-electron chi connectivity index (χ2n) is 5.50. The molecule has 4 heteroatoms. The molecule has 0 saturated heterocycles. The average molecular weight is 314 g/mol. The molecule has 3 nitrogen and oxygen atoms in total. The molecule has 1 aromatic rings. The van der Waals surface area contributed by atoms with Crippen molar-refractivity contribution in [2.45, 2.75) is 33.8 Å². The van der Waals surface area contributed by atoms with E-state index in [1.54, 1.807) is 6.07 Å². The highest BCUT2D eigenvalue weighted by Crippen LogP contribution is 2.20. The SMILES string of the molecule is Cc1c(Br)cccc1C(=O)NCC(O)C(C)(C)C. The van der Waals surface area contributed by atoms with Gasteiger partial charge in [0.2, 0.25) is 0 Å². The van der Waals surface area contributed by atoms with Gasteiger partial charge in [0.05, 0.1) is 6.10 Å². The number of nitrogens with one attached hydrogen (secondary N) is 1. The number of carbonyl (C=O) groups excluding carboxylic acids is 1. The van der Waals surface area contributed by atoms with Gasteiger partial charge in [-0.3, -0.25) is 4.79 Å². The summed E-state index contributed by atoms with van der Waals surface area (Å²) >= 11 is 3.40. The minimum Gasteiger partial charge on any atom is -0.391 e. The fraction of sp³-hybridized carbons (Fsp3) is 0.500. The fourth-order valence-electron chi connectivity index (χ4n) is 1.44. The number of hydrogen-bond acceptors (Lipinski definition) is 2. The van der Waals surface area contributed by atoms with Crippen molar-refractivity contribution in [2.75, 3.05) is 6.54 Å². The monoisotopic (exact) mass is 313 g/mol. The van der Waals surface area contributed by atoms with Crippen LogP contribution in [0.25, 0.3) is 0 Å². The first kappa shape index (κ1) is 15.2. The lowest BCUT2D eigenvalue weighted by Gasteiger charge is -2.26. The maximum atomic E-state index is 12.0. The van der Waals surface area contributed by atoms with Crippen LogP contribution in [0, 0.1) is 12.3 Å².